The van der Waals surface area contributed by atoms with Gasteiger partial charge in [-0.15, -0.1) is 12.4 Å². The van der Waals surface area contributed by atoms with Crippen molar-refractivity contribution >= 4 is 34.0 Å². The fourth-order valence-corrected chi connectivity index (χ4v) is 3.69. The van der Waals surface area contributed by atoms with Crippen molar-refractivity contribution in [3.63, 3.8) is 0 Å². The molecule has 1 aromatic carbocycles. The Morgan fingerprint density at radius 1 is 1.17 bits per heavy atom. The molecule has 0 saturated heterocycles. The van der Waals surface area contributed by atoms with E-state index in [1.54, 1.807) is 24.3 Å². The average molecular weight is 376 g/mol. The largest absolute Gasteiger partial charge is 0.327 e. The van der Waals surface area contributed by atoms with Gasteiger partial charge in [-0.05, 0) is 30.5 Å². The first-order valence-electron chi connectivity index (χ1n) is 8.01. The second-order valence-electron chi connectivity index (χ2n) is 6.26. The van der Waals surface area contributed by atoms with E-state index in [1.165, 1.54) is 6.42 Å². The maximum atomic E-state index is 12.5. The Morgan fingerprint density at radius 2 is 1.83 bits per heavy atom. The van der Waals surface area contributed by atoms with Gasteiger partial charge >= 0.3 is 0 Å². The van der Waals surface area contributed by atoms with Gasteiger partial charge in [0.25, 0.3) is 0 Å². The van der Waals surface area contributed by atoms with Gasteiger partial charge in [0.2, 0.25) is 15.9 Å². The van der Waals surface area contributed by atoms with Gasteiger partial charge in [-0.3, -0.25) is 4.79 Å². The zero-order valence-electron chi connectivity index (χ0n) is 13.6. The topological polar surface area (TPSA) is 115 Å². The first kappa shape index (κ1) is 20.9. The number of sulfonamides is 1. The zero-order valence-corrected chi connectivity index (χ0v) is 15.2. The molecule has 1 amide bonds. The van der Waals surface area contributed by atoms with Crippen LogP contribution in [0.3, 0.4) is 0 Å². The van der Waals surface area contributed by atoms with Gasteiger partial charge in [0.1, 0.15) is 0 Å². The quantitative estimate of drug-likeness (QED) is 0.747. The minimum Gasteiger partial charge on any atom is -0.327 e. The van der Waals surface area contributed by atoms with Crippen molar-refractivity contribution in [1.82, 2.24) is 0 Å². The molecule has 1 aromatic rings. The summed E-state index contributed by atoms with van der Waals surface area (Å²) < 4.78 is 22.3. The summed E-state index contributed by atoms with van der Waals surface area (Å²) >= 11 is 0. The number of amides is 1. The number of benzene rings is 1. The lowest BCUT2D eigenvalue weighted by Crippen LogP contribution is -2.39. The molecule has 6 nitrogen and oxygen atoms in total. The second kappa shape index (κ2) is 9.36. The number of carbonyl (C=O) groups excluding carboxylic acids is 1. The Kier molecular flexibility index (Phi) is 8.15. The summed E-state index contributed by atoms with van der Waals surface area (Å²) in [6.07, 6.45) is 6.05. The van der Waals surface area contributed by atoms with E-state index in [2.05, 4.69) is 5.32 Å². The smallest absolute Gasteiger partial charge is 0.229 e. The Morgan fingerprint density at radius 3 is 2.50 bits per heavy atom. The number of anilines is 1. The first-order chi connectivity index (χ1) is 10.8. The van der Waals surface area contributed by atoms with E-state index < -0.39 is 10.0 Å². The number of hydrogen-bond acceptors (Lipinski definition) is 4. The van der Waals surface area contributed by atoms with E-state index >= 15 is 0 Å². The van der Waals surface area contributed by atoms with Crippen LogP contribution < -0.4 is 16.2 Å². The summed E-state index contributed by atoms with van der Waals surface area (Å²) in [7, 11) is -3.59. The number of halogens is 1. The number of rotatable bonds is 4. The Balaban J connectivity index is 0.00000288. The molecule has 2 rings (SSSR count). The van der Waals surface area contributed by atoms with Gasteiger partial charge in [0, 0.05) is 11.7 Å². The molecule has 1 saturated carbocycles. The summed E-state index contributed by atoms with van der Waals surface area (Å²) in [6, 6.07) is 6.62. The molecule has 2 unspecified atom stereocenters. The summed E-state index contributed by atoms with van der Waals surface area (Å²) in [5.41, 5.74) is 7.28. The van der Waals surface area contributed by atoms with Crippen LogP contribution in [0.15, 0.2) is 24.3 Å². The Hall–Kier alpha value is -1.15. The van der Waals surface area contributed by atoms with Crippen molar-refractivity contribution < 1.29 is 13.2 Å². The maximum Gasteiger partial charge on any atom is 0.229 e. The van der Waals surface area contributed by atoms with Crippen molar-refractivity contribution in [2.75, 3.05) is 5.32 Å². The predicted octanol–water partition coefficient (Wildman–Crippen LogP) is 2.13. The molecule has 1 aliphatic carbocycles. The zero-order chi connectivity index (χ0) is 16.9. The van der Waals surface area contributed by atoms with Gasteiger partial charge in [-0.2, -0.15) is 0 Å². The normalized spacial score (nSPS) is 21.9. The number of primary sulfonamides is 1. The minimum absolute atomic E-state index is 0. The van der Waals surface area contributed by atoms with Crippen LogP contribution in [0.5, 0.6) is 0 Å². The van der Waals surface area contributed by atoms with Crippen LogP contribution in [0.25, 0.3) is 0 Å². The molecule has 0 aromatic heterocycles. The van der Waals surface area contributed by atoms with Crippen molar-refractivity contribution in [1.29, 1.82) is 0 Å². The van der Waals surface area contributed by atoms with Crippen LogP contribution in [0.1, 0.15) is 44.1 Å². The van der Waals surface area contributed by atoms with Gasteiger partial charge in [-0.25, -0.2) is 13.6 Å². The van der Waals surface area contributed by atoms with Crippen molar-refractivity contribution in [3.8, 4) is 0 Å². The molecular weight excluding hydrogens is 350 g/mol. The average Bonchev–Trinajstić information content (AvgIpc) is 2.41. The predicted molar refractivity (Wildman–Crippen MR) is 98.3 cm³/mol. The van der Waals surface area contributed by atoms with Gasteiger partial charge in [-0.1, -0.05) is 37.8 Å². The fraction of sp³-hybridized carbons (Fsp3) is 0.562. The molecule has 8 heteroatoms. The molecule has 0 heterocycles. The molecule has 1 aliphatic rings. The third-order valence-electron chi connectivity index (χ3n) is 4.22. The lowest BCUT2D eigenvalue weighted by atomic mass is 9.86. The third-order valence-corrected chi connectivity index (χ3v) is 4.95. The number of nitrogens with two attached hydrogens (primary N) is 2. The maximum absolute atomic E-state index is 12.5. The third kappa shape index (κ3) is 6.76. The molecule has 136 valence electrons. The molecule has 0 radical (unpaired) electrons. The molecule has 24 heavy (non-hydrogen) atoms. The van der Waals surface area contributed by atoms with E-state index in [1.807, 2.05) is 0 Å². The van der Waals surface area contributed by atoms with Crippen molar-refractivity contribution in [3.05, 3.63) is 29.8 Å². The van der Waals surface area contributed by atoms with Gasteiger partial charge in [0.05, 0.1) is 11.7 Å². The van der Waals surface area contributed by atoms with Crippen molar-refractivity contribution in [2.24, 2.45) is 16.8 Å². The highest BCUT2D eigenvalue weighted by Crippen LogP contribution is 2.23. The van der Waals surface area contributed by atoms with Crippen LogP contribution in [0.2, 0.25) is 0 Å². The number of hydrogen-bond donors (Lipinski definition) is 3. The fourth-order valence-electron chi connectivity index (χ4n) is 3.04. The van der Waals surface area contributed by atoms with E-state index in [0.29, 0.717) is 11.3 Å². The molecular formula is C16H26ClN3O3S. The highest BCUT2D eigenvalue weighted by atomic mass is 35.5. The first-order valence-corrected chi connectivity index (χ1v) is 9.72. The van der Waals surface area contributed by atoms with Crippen LogP contribution >= 0.6 is 12.4 Å². The van der Waals surface area contributed by atoms with E-state index in [-0.39, 0.29) is 36.0 Å². The van der Waals surface area contributed by atoms with Crippen LogP contribution in [-0.2, 0) is 20.6 Å². The summed E-state index contributed by atoms with van der Waals surface area (Å²) in [6.45, 7) is 0. The Bertz CT molecular complexity index is 652. The molecule has 2 atom stereocenters. The van der Waals surface area contributed by atoms with Crippen molar-refractivity contribution in [2.45, 2.75) is 50.3 Å². The summed E-state index contributed by atoms with van der Waals surface area (Å²) in [5.74, 6) is -0.538. The molecule has 1 fully saturated rings. The lowest BCUT2D eigenvalue weighted by molar-refractivity contribution is -0.120. The standard InChI is InChI=1S/C16H25N3O3S.ClH/c17-15-9-4-2-1-3-8-14(15)16(20)19-13-7-5-6-12(10-13)11-23(18,21)22;/h5-7,10,14-15H,1-4,8-9,11,17H2,(H,19,20)(H2,18,21,22);1H. The highest BCUT2D eigenvalue weighted by molar-refractivity contribution is 7.88. The molecule has 0 bridgehead atoms. The summed E-state index contributed by atoms with van der Waals surface area (Å²) in [4.78, 5) is 12.5. The minimum atomic E-state index is -3.59. The van der Waals surface area contributed by atoms with Crippen LogP contribution in [-0.4, -0.2) is 20.4 Å². The lowest BCUT2D eigenvalue weighted by Gasteiger charge is -2.25. The van der Waals surface area contributed by atoms with Gasteiger partial charge in [0.15, 0.2) is 0 Å². The van der Waals surface area contributed by atoms with Crippen LogP contribution in [0.4, 0.5) is 5.69 Å². The Labute approximate surface area is 149 Å². The molecule has 0 aliphatic heterocycles. The molecule has 5 N–H and O–H groups in total. The van der Waals surface area contributed by atoms with E-state index in [4.69, 9.17) is 10.9 Å². The second-order valence-corrected chi connectivity index (χ2v) is 7.87. The highest BCUT2D eigenvalue weighted by Gasteiger charge is 2.26. The van der Waals surface area contributed by atoms with Gasteiger partial charge < -0.3 is 11.1 Å². The number of nitrogens with one attached hydrogen (secondary N) is 1. The number of carbonyl (C=O) groups is 1. The molecule has 0 spiro atoms. The monoisotopic (exact) mass is 375 g/mol. The van der Waals surface area contributed by atoms with E-state index in [0.717, 1.165) is 32.1 Å². The summed E-state index contributed by atoms with van der Waals surface area (Å²) in [5, 5.41) is 7.92. The van der Waals surface area contributed by atoms with E-state index in [9.17, 15) is 13.2 Å². The van der Waals surface area contributed by atoms with Crippen LogP contribution in [0, 0.1) is 5.92 Å². The SMILES string of the molecule is Cl.NC1CCCCCCC1C(=O)Nc1cccc(CS(N)(=O)=O)c1.